The lowest BCUT2D eigenvalue weighted by atomic mass is 10.2. The monoisotopic (exact) mass is 488 g/mol. The van der Waals surface area contributed by atoms with Crippen molar-refractivity contribution in [3.8, 4) is 0 Å². The lowest BCUT2D eigenvalue weighted by molar-refractivity contribution is -0.354. The van der Waals surface area contributed by atoms with Crippen LogP contribution in [0.1, 0.15) is 21.1 Å². The number of piperazine rings is 1. The van der Waals surface area contributed by atoms with Gasteiger partial charge in [-0.2, -0.15) is 4.98 Å². The molecule has 1 aromatic carbocycles. The molecule has 0 bridgehead atoms. The maximum absolute atomic E-state index is 12.7. The van der Waals surface area contributed by atoms with Gasteiger partial charge in [-0.3, -0.25) is 9.69 Å². The number of aryl methyl sites for hydroxylation is 2. The molecule has 1 amide bonds. The molecule has 4 N–H and O–H groups in total. The number of para-hydroxylation sites is 1. The van der Waals surface area contributed by atoms with E-state index in [1.807, 2.05) is 32.0 Å². The molecule has 1 fully saturated rings. The second kappa shape index (κ2) is 10.4. The van der Waals surface area contributed by atoms with E-state index in [9.17, 15) is 4.79 Å². The third-order valence-electron chi connectivity index (χ3n) is 5.41. The van der Waals surface area contributed by atoms with Gasteiger partial charge in [0.05, 0.1) is 17.3 Å². The molecule has 0 unspecified atom stereocenters. The van der Waals surface area contributed by atoms with Crippen LogP contribution in [-0.2, 0) is 0 Å². The molecule has 11 heteroatoms. The molecular weight excluding hydrogens is 462 g/mol. The first-order valence-electron chi connectivity index (χ1n) is 10.7. The molecular formula is C22H27ClN7O2S+. The van der Waals surface area contributed by atoms with Gasteiger partial charge in [0.1, 0.15) is 22.7 Å². The minimum absolute atomic E-state index is 0.177. The lowest BCUT2D eigenvalue weighted by Gasteiger charge is -2.35. The fourth-order valence-electron chi connectivity index (χ4n) is 3.68. The highest BCUT2D eigenvalue weighted by atomic mass is 35.5. The average molecular weight is 489 g/mol. The molecule has 1 aliphatic heterocycles. The highest BCUT2D eigenvalue weighted by molar-refractivity contribution is 7.17. The number of amides is 1. The van der Waals surface area contributed by atoms with Crippen LogP contribution in [0, 0.1) is 13.8 Å². The van der Waals surface area contributed by atoms with E-state index in [0.29, 0.717) is 38.9 Å². The summed E-state index contributed by atoms with van der Waals surface area (Å²) < 4.78 is 0. The van der Waals surface area contributed by atoms with E-state index < -0.39 is 0 Å². The van der Waals surface area contributed by atoms with Crippen LogP contribution in [0.2, 0.25) is 5.02 Å². The lowest BCUT2D eigenvalue weighted by Crippen LogP contribution is -2.47. The Morgan fingerprint density at radius 2 is 2.03 bits per heavy atom. The van der Waals surface area contributed by atoms with E-state index >= 15 is 0 Å². The third-order valence-corrected chi connectivity index (χ3v) is 6.67. The Bertz CT molecular complexity index is 1110. The first-order chi connectivity index (χ1) is 15.9. The minimum Gasteiger partial charge on any atom is -0.395 e. The van der Waals surface area contributed by atoms with Crippen molar-refractivity contribution in [3.63, 3.8) is 0 Å². The smallest absolute Gasteiger partial charge is 0.338 e. The molecule has 3 heterocycles. The zero-order chi connectivity index (χ0) is 23.4. The van der Waals surface area contributed by atoms with Gasteiger partial charge in [0.25, 0.3) is 5.91 Å². The number of nitrogens with one attached hydrogen (secondary N) is 3. The number of nitrogens with zero attached hydrogens (tertiary/aromatic N) is 4. The third kappa shape index (κ3) is 5.77. The standard InChI is InChI=1S/C22H26ClN7O2S/c1-14-4-3-5-16(23)20(14)28-21(32)17-13-24-22(33-17)27-18-12-19(26-15(2)25-18)30-8-6-29(7-9-30)10-11-31/h3-5,12-13,31H,6-11H2,1-2H3,(H,28,32)(H,24,25,26,27)/p+1. The van der Waals surface area contributed by atoms with Crippen molar-refractivity contribution in [2.75, 3.05) is 54.9 Å². The molecule has 2 aromatic heterocycles. The van der Waals surface area contributed by atoms with Crippen LogP contribution in [0.3, 0.4) is 0 Å². The Balaban J connectivity index is 1.43. The summed E-state index contributed by atoms with van der Waals surface area (Å²) >= 11 is 7.52. The first kappa shape index (κ1) is 23.4. The summed E-state index contributed by atoms with van der Waals surface area (Å²) in [5.74, 6) is 1.94. The van der Waals surface area contributed by atoms with E-state index in [0.717, 1.165) is 37.6 Å². The van der Waals surface area contributed by atoms with Crippen LogP contribution in [0.25, 0.3) is 0 Å². The van der Waals surface area contributed by atoms with Crippen molar-refractivity contribution in [1.82, 2.24) is 14.9 Å². The van der Waals surface area contributed by atoms with Crippen LogP contribution in [0.15, 0.2) is 30.5 Å². The predicted octanol–water partition coefficient (Wildman–Crippen LogP) is 2.73. The number of benzene rings is 1. The Morgan fingerprint density at radius 3 is 2.76 bits per heavy atom. The number of aliphatic hydroxyl groups excluding tert-OH is 1. The number of aromatic amines is 1. The molecule has 0 radical (unpaired) electrons. The van der Waals surface area contributed by atoms with Gasteiger partial charge in [-0.1, -0.05) is 23.7 Å². The Kier molecular flexibility index (Phi) is 7.39. The van der Waals surface area contributed by atoms with Gasteiger partial charge in [-0.05, 0) is 36.8 Å². The Morgan fingerprint density at radius 1 is 1.24 bits per heavy atom. The fourth-order valence-corrected chi connectivity index (χ4v) is 4.70. The van der Waals surface area contributed by atoms with E-state index in [1.165, 1.54) is 11.3 Å². The first-order valence-corrected chi connectivity index (χ1v) is 11.9. The molecule has 4 rings (SSSR count). The summed E-state index contributed by atoms with van der Waals surface area (Å²) in [6.07, 6.45) is 1.66. The number of aliphatic hydroxyl groups is 1. The summed E-state index contributed by atoms with van der Waals surface area (Å²) in [5.41, 5.74) is 1.51. The summed E-state index contributed by atoms with van der Waals surface area (Å²) in [5, 5.41) is 16.5. The molecule has 0 saturated carbocycles. The van der Waals surface area contributed by atoms with Crippen LogP contribution in [0.4, 0.5) is 22.5 Å². The highest BCUT2D eigenvalue weighted by Crippen LogP contribution is 2.27. The summed E-state index contributed by atoms with van der Waals surface area (Å²) in [6.45, 7) is 8.08. The number of carbonyl (C=O) groups is 1. The van der Waals surface area contributed by atoms with Gasteiger partial charge in [0.15, 0.2) is 0 Å². The second-order valence-electron chi connectivity index (χ2n) is 7.81. The van der Waals surface area contributed by atoms with Crippen molar-refractivity contribution in [2.24, 2.45) is 0 Å². The predicted molar refractivity (Wildman–Crippen MR) is 131 cm³/mol. The second-order valence-corrected chi connectivity index (χ2v) is 9.27. The highest BCUT2D eigenvalue weighted by Gasteiger charge is 2.21. The quantitative estimate of drug-likeness (QED) is 0.469. The van der Waals surface area contributed by atoms with Crippen molar-refractivity contribution < 1.29 is 14.9 Å². The largest absolute Gasteiger partial charge is 0.395 e. The van der Waals surface area contributed by atoms with Gasteiger partial charge in [0.2, 0.25) is 5.82 Å². The molecule has 0 aliphatic carbocycles. The fraction of sp³-hybridized carbons (Fsp3) is 0.364. The maximum Gasteiger partial charge on any atom is 0.338 e. The number of H-pyrrole nitrogens is 1. The topological polar surface area (TPSA) is 108 Å². The van der Waals surface area contributed by atoms with E-state index in [4.69, 9.17) is 16.7 Å². The van der Waals surface area contributed by atoms with Gasteiger partial charge >= 0.3 is 5.13 Å². The van der Waals surface area contributed by atoms with Crippen LogP contribution in [-0.4, -0.2) is 65.2 Å². The molecule has 9 nitrogen and oxygen atoms in total. The zero-order valence-corrected chi connectivity index (χ0v) is 20.1. The SMILES string of the molecule is Cc1nc(Nc2[nH+]cc(C(=O)Nc3c(C)cccc3Cl)s2)cc(N2CCN(CCO)CC2)n1. The molecule has 0 atom stereocenters. The Labute approximate surface area is 201 Å². The van der Waals surface area contributed by atoms with E-state index in [1.54, 1.807) is 12.3 Å². The van der Waals surface area contributed by atoms with E-state index in [2.05, 4.69) is 35.4 Å². The van der Waals surface area contributed by atoms with Gasteiger partial charge in [-0.15, -0.1) is 0 Å². The maximum atomic E-state index is 12.7. The number of hydrogen-bond acceptors (Lipinski definition) is 8. The van der Waals surface area contributed by atoms with Crippen LogP contribution >= 0.6 is 22.9 Å². The van der Waals surface area contributed by atoms with E-state index in [-0.39, 0.29) is 12.5 Å². The summed E-state index contributed by atoms with van der Waals surface area (Å²) in [7, 11) is 0. The number of aromatic nitrogens is 3. The van der Waals surface area contributed by atoms with Gasteiger partial charge in [0, 0.05) is 38.8 Å². The number of carbonyl (C=O) groups excluding carboxylic acids is 1. The molecule has 174 valence electrons. The molecule has 3 aromatic rings. The number of halogens is 1. The molecule has 0 spiro atoms. The normalized spacial score (nSPS) is 14.4. The Hall–Kier alpha value is -2.79. The van der Waals surface area contributed by atoms with Crippen molar-refractivity contribution in [3.05, 3.63) is 51.7 Å². The number of thiazole rings is 1. The van der Waals surface area contributed by atoms with Gasteiger partial charge < -0.3 is 15.3 Å². The molecule has 33 heavy (non-hydrogen) atoms. The molecule has 1 saturated heterocycles. The molecule has 1 aliphatic rings. The van der Waals surface area contributed by atoms with Crippen LogP contribution < -0.4 is 20.5 Å². The minimum atomic E-state index is -0.235. The van der Waals surface area contributed by atoms with Crippen molar-refractivity contribution >= 4 is 51.3 Å². The number of anilines is 4. The van der Waals surface area contributed by atoms with Crippen molar-refractivity contribution in [1.29, 1.82) is 0 Å². The summed E-state index contributed by atoms with van der Waals surface area (Å²) in [4.78, 5) is 29.9. The van der Waals surface area contributed by atoms with Crippen molar-refractivity contribution in [2.45, 2.75) is 13.8 Å². The average Bonchev–Trinajstić information content (AvgIpc) is 3.25. The number of hydrogen-bond donors (Lipinski definition) is 3. The number of rotatable bonds is 7. The summed E-state index contributed by atoms with van der Waals surface area (Å²) in [6, 6.07) is 7.41. The van der Waals surface area contributed by atoms with Gasteiger partial charge in [-0.25, -0.2) is 15.3 Å². The van der Waals surface area contributed by atoms with Crippen LogP contribution in [0.5, 0.6) is 0 Å². The zero-order valence-electron chi connectivity index (χ0n) is 18.6. The number of β-amino-alcohol motifs (C(OH)–C–C–N with tert-alkyl or cyclic N) is 1.